The Morgan fingerprint density at radius 2 is 1.65 bits per heavy atom. The zero-order valence-electron chi connectivity index (χ0n) is 23.4. The Balaban J connectivity index is 0.982. The van der Waals surface area contributed by atoms with Gasteiger partial charge in [-0.15, -0.1) is 0 Å². The number of nitrogens with zero attached hydrogens (tertiary/aromatic N) is 3. The predicted molar refractivity (Wildman–Crippen MR) is 155 cm³/mol. The quantitative estimate of drug-likeness (QED) is 0.383. The molecule has 3 N–H and O–H groups in total. The van der Waals surface area contributed by atoms with E-state index in [1.54, 1.807) is 0 Å². The fourth-order valence-electron chi connectivity index (χ4n) is 6.21. The van der Waals surface area contributed by atoms with Crippen LogP contribution in [0.2, 0.25) is 0 Å². The lowest BCUT2D eigenvalue weighted by molar-refractivity contribution is -0.134. The normalized spacial score (nSPS) is 25.8. The molecule has 10 heteroatoms. The lowest BCUT2D eigenvalue weighted by Crippen LogP contribution is -2.48. The number of piperidine rings is 4. The summed E-state index contributed by atoms with van der Waals surface area (Å²) in [6.07, 6.45) is 7.28. The van der Waals surface area contributed by atoms with Crippen molar-refractivity contribution in [2.45, 2.75) is 69.4 Å². The van der Waals surface area contributed by atoms with E-state index in [4.69, 9.17) is 10.5 Å². The second-order valence-electron chi connectivity index (χ2n) is 11.6. The SMILES string of the molecule is NC1CCN(S(=O)N2CCC(CN3CCC(OCC#Cc4cccc(C5CCC(=O)NC5=O)c4)CC3)CC2)CC1. The van der Waals surface area contributed by atoms with Gasteiger partial charge in [0.15, 0.2) is 11.2 Å². The minimum atomic E-state index is -1.01. The Bertz CT molecular complexity index is 1110. The van der Waals surface area contributed by atoms with E-state index in [0.717, 1.165) is 95.5 Å². The number of hydrogen-bond donors (Lipinski definition) is 2. The minimum Gasteiger partial charge on any atom is -0.365 e. The van der Waals surface area contributed by atoms with Gasteiger partial charge in [-0.05, 0) is 68.6 Å². The zero-order valence-corrected chi connectivity index (χ0v) is 24.2. The standard InChI is InChI=1S/C30H43N5O4S/c31-26-10-18-35(19-11-26)40(38)34-16-8-24(9-17-34)22-33-14-12-27(13-15-33)39-20-2-4-23-3-1-5-25(21-23)28-6-7-29(36)32-30(28)37/h1,3,5,21,24,26-28H,6-20,22,31H2,(H,32,36,37). The Kier molecular flexibility index (Phi) is 10.4. The summed E-state index contributed by atoms with van der Waals surface area (Å²) in [6.45, 7) is 7.12. The molecule has 2 amide bonds. The van der Waals surface area contributed by atoms with Gasteiger partial charge in [0.2, 0.25) is 11.8 Å². The van der Waals surface area contributed by atoms with E-state index in [1.807, 2.05) is 24.3 Å². The molecule has 5 rings (SSSR count). The molecule has 2 unspecified atom stereocenters. The van der Waals surface area contributed by atoms with Crippen LogP contribution in [0.3, 0.4) is 0 Å². The first-order chi connectivity index (χ1) is 19.4. The lowest BCUT2D eigenvalue weighted by Gasteiger charge is -2.39. The Morgan fingerprint density at radius 3 is 2.35 bits per heavy atom. The average molecular weight is 570 g/mol. The molecular formula is C30H43N5O4S. The lowest BCUT2D eigenvalue weighted by atomic mass is 9.90. The summed E-state index contributed by atoms with van der Waals surface area (Å²) in [5.74, 6) is 6.25. The van der Waals surface area contributed by atoms with E-state index >= 15 is 0 Å². The van der Waals surface area contributed by atoms with Gasteiger partial charge in [0, 0.05) is 63.8 Å². The van der Waals surface area contributed by atoms with Crippen LogP contribution in [-0.4, -0.2) is 94.1 Å². The molecule has 4 aliphatic rings. The molecule has 218 valence electrons. The van der Waals surface area contributed by atoms with Crippen LogP contribution in [0.15, 0.2) is 24.3 Å². The Labute approximate surface area is 240 Å². The van der Waals surface area contributed by atoms with Gasteiger partial charge >= 0.3 is 0 Å². The maximum atomic E-state index is 12.9. The van der Waals surface area contributed by atoms with Crippen molar-refractivity contribution in [1.82, 2.24) is 18.8 Å². The van der Waals surface area contributed by atoms with Gasteiger partial charge in [-0.2, -0.15) is 0 Å². The molecule has 0 bridgehead atoms. The van der Waals surface area contributed by atoms with Crippen LogP contribution in [0.25, 0.3) is 0 Å². The summed E-state index contributed by atoms with van der Waals surface area (Å²) in [4.78, 5) is 26.2. The highest BCUT2D eigenvalue weighted by molar-refractivity contribution is 7.80. The molecule has 0 saturated carbocycles. The molecule has 1 aromatic carbocycles. The minimum absolute atomic E-state index is 0.200. The number of carbonyl (C=O) groups excluding carboxylic acids is 2. The summed E-state index contributed by atoms with van der Waals surface area (Å²) in [7, 11) is 0. The topological polar surface area (TPSA) is 108 Å². The molecule has 4 heterocycles. The summed E-state index contributed by atoms with van der Waals surface area (Å²) in [6, 6.07) is 7.97. The van der Waals surface area contributed by atoms with Crippen LogP contribution in [0.1, 0.15) is 68.4 Å². The summed E-state index contributed by atoms with van der Waals surface area (Å²) < 4.78 is 23.3. The number of amides is 2. The highest BCUT2D eigenvalue weighted by Crippen LogP contribution is 2.26. The largest absolute Gasteiger partial charge is 0.365 e. The number of rotatable bonds is 7. The maximum Gasteiger partial charge on any atom is 0.234 e. The summed E-state index contributed by atoms with van der Waals surface area (Å²) in [5, 5.41) is 2.42. The molecule has 2 atom stereocenters. The molecule has 40 heavy (non-hydrogen) atoms. The van der Waals surface area contributed by atoms with E-state index in [0.29, 0.717) is 25.4 Å². The number of imide groups is 1. The van der Waals surface area contributed by atoms with Gasteiger partial charge in [-0.25, -0.2) is 12.8 Å². The first kappa shape index (κ1) is 29.4. The number of nitrogens with two attached hydrogens (primary N) is 1. The smallest absolute Gasteiger partial charge is 0.234 e. The third-order valence-corrected chi connectivity index (χ3v) is 10.3. The Hall–Kier alpha value is -2.13. The van der Waals surface area contributed by atoms with Gasteiger partial charge in [0.05, 0.1) is 12.0 Å². The van der Waals surface area contributed by atoms with Gasteiger partial charge < -0.3 is 15.4 Å². The Morgan fingerprint density at radius 1 is 0.950 bits per heavy atom. The fourth-order valence-corrected chi connectivity index (χ4v) is 7.58. The van der Waals surface area contributed by atoms with Crippen LogP contribution in [-0.2, 0) is 25.5 Å². The molecule has 1 aromatic rings. The fraction of sp³-hybridized carbons (Fsp3) is 0.667. The number of likely N-dealkylation sites (tertiary alicyclic amines) is 1. The monoisotopic (exact) mass is 569 g/mol. The van der Waals surface area contributed by atoms with E-state index in [-0.39, 0.29) is 29.9 Å². The number of nitrogens with one attached hydrogen (secondary N) is 1. The predicted octanol–water partition coefficient (Wildman–Crippen LogP) is 1.75. The number of carbonyl (C=O) groups is 2. The van der Waals surface area contributed by atoms with Crippen molar-refractivity contribution in [3.8, 4) is 11.8 Å². The molecule has 0 radical (unpaired) electrons. The third-order valence-electron chi connectivity index (χ3n) is 8.72. The van der Waals surface area contributed by atoms with Crippen molar-refractivity contribution < 1.29 is 18.5 Å². The van der Waals surface area contributed by atoms with Crippen LogP contribution < -0.4 is 11.1 Å². The van der Waals surface area contributed by atoms with E-state index in [2.05, 4.69) is 30.7 Å². The highest BCUT2D eigenvalue weighted by Gasteiger charge is 2.30. The first-order valence-electron chi connectivity index (χ1n) is 14.9. The number of benzene rings is 1. The summed E-state index contributed by atoms with van der Waals surface area (Å²) in [5.41, 5.74) is 7.76. The van der Waals surface area contributed by atoms with E-state index in [9.17, 15) is 13.8 Å². The number of hydrogen-bond acceptors (Lipinski definition) is 6. The van der Waals surface area contributed by atoms with Crippen molar-refractivity contribution in [2.24, 2.45) is 11.7 Å². The van der Waals surface area contributed by atoms with Crippen LogP contribution in [0, 0.1) is 17.8 Å². The molecule has 4 aliphatic heterocycles. The van der Waals surface area contributed by atoms with E-state index < -0.39 is 11.2 Å². The van der Waals surface area contributed by atoms with Gasteiger partial charge in [0.1, 0.15) is 6.61 Å². The van der Waals surface area contributed by atoms with Crippen molar-refractivity contribution in [3.63, 3.8) is 0 Å². The molecular weight excluding hydrogens is 526 g/mol. The molecule has 4 saturated heterocycles. The second kappa shape index (κ2) is 14.2. The third kappa shape index (κ3) is 7.99. The molecule has 0 aliphatic carbocycles. The highest BCUT2D eigenvalue weighted by atomic mass is 32.2. The van der Waals surface area contributed by atoms with Crippen molar-refractivity contribution in [3.05, 3.63) is 35.4 Å². The van der Waals surface area contributed by atoms with Crippen LogP contribution >= 0.6 is 0 Å². The van der Waals surface area contributed by atoms with E-state index in [1.165, 1.54) is 0 Å². The van der Waals surface area contributed by atoms with Gasteiger partial charge in [-0.3, -0.25) is 14.9 Å². The average Bonchev–Trinajstić information content (AvgIpc) is 2.97. The molecule has 4 fully saturated rings. The van der Waals surface area contributed by atoms with Crippen molar-refractivity contribution >= 4 is 23.0 Å². The maximum absolute atomic E-state index is 12.9. The van der Waals surface area contributed by atoms with Crippen LogP contribution in [0.4, 0.5) is 0 Å². The van der Waals surface area contributed by atoms with Crippen LogP contribution in [0.5, 0.6) is 0 Å². The van der Waals surface area contributed by atoms with Crippen molar-refractivity contribution in [2.75, 3.05) is 52.4 Å². The van der Waals surface area contributed by atoms with Crippen molar-refractivity contribution in [1.29, 1.82) is 0 Å². The molecule has 0 spiro atoms. The van der Waals surface area contributed by atoms with Gasteiger partial charge in [0.25, 0.3) is 0 Å². The zero-order chi connectivity index (χ0) is 27.9. The second-order valence-corrected chi connectivity index (χ2v) is 13.1. The molecule has 0 aromatic heterocycles. The number of ether oxygens (including phenoxy) is 1. The van der Waals surface area contributed by atoms with Gasteiger partial charge in [-0.1, -0.05) is 24.0 Å². The summed E-state index contributed by atoms with van der Waals surface area (Å²) >= 11 is -1.01. The molecule has 9 nitrogen and oxygen atoms in total. The first-order valence-corrected chi connectivity index (χ1v) is 15.9.